The molecule has 0 spiro atoms. The Hall–Kier alpha value is -1.19. The van der Waals surface area contributed by atoms with Gasteiger partial charge in [0.15, 0.2) is 0 Å². The molecule has 10 heteroatoms. The molecule has 1 fully saturated rings. The number of morpholine rings is 1. The van der Waals surface area contributed by atoms with E-state index in [1.807, 2.05) is 0 Å². The normalized spacial score (nSPS) is 24.5. The highest BCUT2D eigenvalue weighted by Crippen LogP contribution is 2.29. The zero-order valence-electron chi connectivity index (χ0n) is 11.5. The van der Waals surface area contributed by atoms with Crippen molar-refractivity contribution in [3.63, 3.8) is 0 Å². The molecule has 0 aromatic carbocycles. The molecule has 1 aromatic rings. The molecule has 1 aliphatic rings. The molecule has 0 unspecified atom stereocenters. The van der Waals surface area contributed by atoms with Crippen molar-refractivity contribution in [2.75, 3.05) is 18.4 Å². The largest absolute Gasteiger partial charge is 0.417 e. The third-order valence-corrected chi connectivity index (χ3v) is 3.09. The average Bonchev–Trinajstić information content (AvgIpc) is 2.36. The van der Waals surface area contributed by atoms with Gasteiger partial charge in [0.2, 0.25) is 0 Å². The standard InChI is InChI=1S/C12H14F5N3O.ClH/c1-7-9(20-6-11(13,14)21-7)5-19-10-3-2-8(4-18-10)12(15,16)17;/h2-4,7,9,20H,5-6H2,1H3,(H,18,19);1H/t7-,9+;/m0./s1. The van der Waals surface area contributed by atoms with Gasteiger partial charge in [-0.1, -0.05) is 0 Å². The van der Waals surface area contributed by atoms with Gasteiger partial charge in [-0.2, -0.15) is 22.0 Å². The zero-order chi connectivity index (χ0) is 15.7. The first-order valence-corrected chi connectivity index (χ1v) is 6.23. The van der Waals surface area contributed by atoms with Crippen molar-refractivity contribution in [1.29, 1.82) is 0 Å². The molecule has 126 valence electrons. The number of alkyl halides is 5. The maximum Gasteiger partial charge on any atom is 0.417 e. The van der Waals surface area contributed by atoms with Gasteiger partial charge in [-0.3, -0.25) is 0 Å². The average molecular weight is 348 g/mol. The van der Waals surface area contributed by atoms with Crippen LogP contribution in [0.3, 0.4) is 0 Å². The van der Waals surface area contributed by atoms with E-state index < -0.39 is 36.5 Å². The highest BCUT2D eigenvalue weighted by Gasteiger charge is 2.40. The van der Waals surface area contributed by atoms with E-state index in [4.69, 9.17) is 0 Å². The number of hydrogen-bond donors (Lipinski definition) is 2. The Kier molecular flexibility index (Phi) is 5.94. The van der Waals surface area contributed by atoms with Gasteiger partial charge in [-0.25, -0.2) is 4.98 Å². The summed E-state index contributed by atoms with van der Waals surface area (Å²) in [6.07, 6.45) is -7.67. The van der Waals surface area contributed by atoms with Crippen LogP contribution in [0.15, 0.2) is 18.3 Å². The molecule has 0 amide bonds. The van der Waals surface area contributed by atoms with Crippen molar-refractivity contribution >= 4 is 18.2 Å². The van der Waals surface area contributed by atoms with Crippen LogP contribution in [-0.4, -0.2) is 36.3 Å². The molecule has 2 N–H and O–H groups in total. The van der Waals surface area contributed by atoms with E-state index in [-0.39, 0.29) is 24.8 Å². The lowest BCUT2D eigenvalue weighted by Crippen LogP contribution is -2.57. The van der Waals surface area contributed by atoms with Gasteiger partial charge < -0.3 is 15.4 Å². The van der Waals surface area contributed by atoms with Gasteiger partial charge in [-0.15, -0.1) is 12.4 Å². The molecule has 0 bridgehead atoms. The first-order valence-electron chi connectivity index (χ1n) is 6.23. The number of nitrogens with one attached hydrogen (secondary N) is 2. The minimum atomic E-state index is -4.44. The molecule has 1 aromatic heterocycles. The molecule has 0 radical (unpaired) electrons. The lowest BCUT2D eigenvalue weighted by molar-refractivity contribution is -0.278. The Morgan fingerprint density at radius 2 is 2.09 bits per heavy atom. The van der Waals surface area contributed by atoms with Gasteiger partial charge in [0, 0.05) is 12.7 Å². The van der Waals surface area contributed by atoms with Crippen molar-refractivity contribution in [2.45, 2.75) is 31.4 Å². The number of anilines is 1. The summed E-state index contributed by atoms with van der Waals surface area (Å²) in [5.41, 5.74) is -0.847. The van der Waals surface area contributed by atoms with Crippen LogP contribution in [0.1, 0.15) is 12.5 Å². The van der Waals surface area contributed by atoms with Crippen molar-refractivity contribution in [1.82, 2.24) is 10.3 Å². The number of nitrogens with zero attached hydrogens (tertiary/aromatic N) is 1. The van der Waals surface area contributed by atoms with Crippen LogP contribution in [0.5, 0.6) is 0 Å². The number of hydrogen-bond acceptors (Lipinski definition) is 4. The maximum absolute atomic E-state index is 12.9. The molecule has 2 atom stereocenters. The summed E-state index contributed by atoms with van der Waals surface area (Å²) in [6, 6.07) is 1.69. The smallest absolute Gasteiger partial charge is 0.368 e. The van der Waals surface area contributed by atoms with E-state index >= 15 is 0 Å². The Labute approximate surface area is 129 Å². The Balaban J connectivity index is 0.00000242. The fourth-order valence-corrected chi connectivity index (χ4v) is 1.93. The van der Waals surface area contributed by atoms with E-state index in [2.05, 4.69) is 20.4 Å². The lowest BCUT2D eigenvalue weighted by atomic mass is 10.1. The second-order valence-corrected chi connectivity index (χ2v) is 4.76. The summed E-state index contributed by atoms with van der Waals surface area (Å²) < 4.78 is 67.5. The van der Waals surface area contributed by atoms with Crippen LogP contribution in [0, 0.1) is 0 Å². The predicted octanol–water partition coefficient (Wildman–Crippen LogP) is 2.90. The first kappa shape index (κ1) is 18.9. The van der Waals surface area contributed by atoms with Gasteiger partial charge in [-0.05, 0) is 19.1 Å². The third kappa shape index (κ3) is 4.92. The topological polar surface area (TPSA) is 46.2 Å². The SMILES string of the molecule is C[C@@H]1OC(F)(F)CN[C@@H]1CNc1ccc(C(F)(F)F)cn1.Cl. The van der Waals surface area contributed by atoms with Crippen molar-refractivity contribution < 1.29 is 26.7 Å². The van der Waals surface area contributed by atoms with Gasteiger partial charge >= 0.3 is 12.3 Å². The van der Waals surface area contributed by atoms with E-state index in [0.29, 0.717) is 6.20 Å². The molecule has 1 aliphatic heterocycles. The second kappa shape index (κ2) is 6.93. The number of rotatable bonds is 3. The van der Waals surface area contributed by atoms with Crippen LogP contribution in [0.4, 0.5) is 27.8 Å². The minimum absolute atomic E-state index is 0. The highest BCUT2D eigenvalue weighted by atomic mass is 35.5. The Bertz CT molecular complexity index is 483. The highest BCUT2D eigenvalue weighted by molar-refractivity contribution is 5.85. The molecular weight excluding hydrogens is 333 g/mol. The molecule has 1 saturated heterocycles. The summed E-state index contributed by atoms with van der Waals surface area (Å²) in [4.78, 5) is 3.64. The summed E-state index contributed by atoms with van der Waals surface area (Å²) in [5, 5.41) is 5.40. The molecule has 0 saturated carbocycles. The van der Waals surface area contributed by atoms with Crippen molar-refractivity contribution in [2.24, 2.45) is 0 Å². The van der Waals surface area contributed by atoms with E-state index in [1.54, 1.807) is 0 Å². The number of ether oxygens (including phenoxy) is 1. The molecule has 2 rings (SSSR count). The minimum Gasteiger partial charge on any atom is -0.368 e. The summed E-state index contributed by atoms with van der Waals surface area (Å²) in [5.74, 6) is 0.231. The van der Waals surface area contributed by atoms with Crippen LogP contribution in [-0.2, 0) is 10.9 Å². The van der Waals surface area contributed by atoms with Crippen molar-refractivity contribution in [3.8, 4) is 0 Å². The maximum atomic E-state index is 12.9. The molecule has 4 nitrogen and oxygen atoms in total. The van der Waals surface area contributed by atoms with E-state index in [0.717, 1.165) is 6.07 Å². The van der Waals surface area contributed by atoms with Crippen LogP contribution >= 0.6 is 12.4 Å². The van der Waals surface area contributed by atoms with Gasteiger partial charge in [0.05, 0.1) is 24.3 Å². The van der Waals surface area contributed by atoms with Crippen molar-refractivity contribution in [3.05, 3.63) is 23.9 Å². The fourth-order valence-electron chi connectivity index (χ4n) is 1.93. The number of aromatic nitrogens is 1. The molecule has 0 aliphatic carbocycles. The van der Waals surface area contributed by atoms with E-state index in [9.17, 15) is 22.0 Å². The van der Waals surface area contributed by atoms with Crippen LogP contribution in [0.25, 0.3) is 0 Å². The second-order valence-electron chi connectivity index (χ2n) is 4.76. The zero-order valence-corrected chi connectivity index (χ0v) is 12.3. The van der Waals surface area contributed by atoms with Crippen LogP contribution in [0.2, 0.25) is 0 Å². The lowest BCUT2D eigenvalue weighted by Gasteiger charge is -2.35. The quantitative estimate of drug-likeness (QED) is 0.825. The first-order chi connectivity index (χ1) is 9.67. The van der Waals surface area contributed by atoms with E-state index in [1.165, 1.54) is 13.0 Å². The predicted molar refractivity (Wildman–Crippen MR) is 72.3 cm³/mol. The third-order valence-electron chi connectivity index (χ3n) is 3.09. The summed E-state index contributed by atoms with van der Waals surface area (Å²) >= 11 is 0. The number of halogens is 6. The van der Waals surface area contributed by atoms with Crippen LogP contribution < -0.4 is 10.6 Å². The molecular formula is C12H15ClF5N3O. The monoisotopic (exact) mass is 347 g/mol. The van der Waals surface area contributed by atoms with Gasteiger partial charge in [0.25, 0.3) is 0 Å². The van der Waals surface area contributed by atoms with Gasteiger partial charge in [0.1, 0.15) is 5.82 Å². The molecule has 22 heavy (non-hydrogen) atoms. The summed E-state index contributed by atoms with van der Waals surface area (Å²) in [6.45, 7) is 1.09. The Morgan fingerprint density at radius 1 is 1.41 bits per heavy atom. The summed E-state index contributed by atoms with van der Waals surface area (Å²) in [7, 11) is 0. The Morgan fingerprint density at radius 3 is 2.59 bits per heavy atom. The molecule has 2 heterocycles. The number of pyridine rings is 1. The fraction of sp³-hybridized carbons (Fsp3) is 0.583.